The molecule has 3 aliphatic rings. The number of rotatable bonds is 5. The average Bonchev–Trinajstić information content (AvgIpc) is 2.88. The molecule has 26 heavy (non-hydrogen) atoms. The zero-order valence-electron chi connectivity index (χ0n) is 15.8. The Morgan fingerprint density at radius 1 is 1.27 bits per heavy atom. The van der Waals surface area contributed by atoms with Gasteiger partial charge in [0.1, 0.15) is 0 Å². The highest BCUT2D eigenvalue weighted by molar-refractivity contribution is 5.75. The molecule has 2 bridgehead atoms. The van der Waals surface area contributed by atoms with Crippen LogP contribution >= 0.6 is 0 Å². The van der Waals surface area contributed by atoms with Gasteiger partial charge in [-0.2, -0.15) is 0 Å². The molecule has 2 N–H and O–H groups in total. The maximum absolute atomic E-state index is 12.6. The van der Waals surface area contributed by atoms with Gasteiger partial charge in [-0.15, -0.1) is 0 Å². The van der Waals surface area contributed by atoms with Gasteiger partial charge in [0, 0.05) is 0 Å². The largest absolute Gasteiger partial charge is 0.376 e. The molecule has 4 rings (SSSR count). The third kappa shape index (κ3) is 3.60. The predicted octanol–water partition coefficient (Wildman–Crippen LogP) is 3.38. The van der Waals surface area contributed by atoms with E-state index in [4.69, 9.17) is 9.47 Å². The van der Waals surface area contributed by atoms with Crippen molar-refractivity contribution in [2.45, 2.75) is 76.3 Å². The Bertz CT molecular complexity index is 644. The maximum Gasteiger partial charge on any atom is 0.315 e. The van der Waals surface area contributed by atoms with Gasteiger partial charge in [-0.3, -0.25) is 0 Å². The molecule has 5 nitrogen and oxygen atoms in total. The second kappa shape index (κ2) is 6.86. The first-order chi connectivity index (χ1) is 12.5. The van der Waals surface area contributed by atoms with Gasteiger partial charge >= 0.3 is 6.03 Å². The number of amides is 2. The molecule has 4 unspecified atom stereocenters. The minimum Gasteiger partial charge on any atom is -0.376 e. The molecular formula is C21H30N2O3. The summed E-state index contributed by atoms with van der Waals surface area (Å²) in [5.74, 6) is 0. The number of hydrogen-bond donors (Lipinski definition) is 2. The first kappa shape index (κ1) is 17.8. The monoisotopic (exact) mass is 358 g/mol. The molecule has 1 heterocycles. The van der Waals surface area contributed by atoms with Gasteiger partial charge < -0.3 is 20.1 Å². The summed E-state index contributed by atoms with van der Waals surface area (Å²) in [5, 5.41) is 6.37. The van der Waals surface area contributed by atoms with Crippen LogP contribution in [-0.2, 0) is 16.1 Å². The van der Waals surface area contributed by atoms with E-state index in [1.54, 1.807) is 0 Å². The van der Waals surface area contributed by atoms with E-state index < -0.39 is 0 Å². The summed E-state index contributed by atoms with van der Waals surface area (Å²) in [6.07, 6.45) is 5.51. The van der Waals surface area contributed by atoms with Crippen LogP contribution in [0.2, 0.25) is 0 Å². The molecule has 0 aromatic heterocycles. The lowest BCUT2D eigenvalue weighted by Crippen LogP contribution is -2.65. The van der Waals surface area contributed by atoms with Gasteiger partial charge in [0.25, 0.3) is 0 Å². The van der Waals surface area contributed by atoms with Crippen LogP contribution in [0, 0.1) is 5.41 Å². The average molecular weight is 358 g/mol. The van der Waals surface area contributed by atoms with Gasteiger partial charge in [-0.25, -0.2) is 4.79 Å². The lowest BCUT2D eigenvalue weighted by molar-refractivity contribution is -0.123. The molecule has 1 saturated heterocycles. The van der Waals surface area contributed by atoms with Crippen molar-refractivity contribution in [1.29, 1.82) is 0 Å². The van der Waals surface area contributed by atoms with Gasteiger partial charge in [0.15, 0.2) is 0 Å². The summed E-state index contributed by atoms with van der Waals surface area (Å²) in [7, 11) is 0. The molecule has 3 fully saturated rings. The van der Waals surface area contributed by atoms with Crippen LogP contribution in [0.3, 0.4) is 0 Å². The third-order valence-electron chi connectivity index (χ3n) is 6.24. The van der Waals surface area contributed by atoms with Crippen molar-refractivity contribution in [3.05, 3.63) is 35.9 Å². The van der Waals surface area contributed by atoms with Crippen LogP contribution in [0.15, 0.2) is 30.3 Å². The van der Waals surface area contributed by atoms with E-state index in [1.165, 1.54) is 0 Å². The Morgan fingerprint density at radius 2 is 2.08 bits per heavy atom. The normalized spacial score (nSPS) is 34.8. The molecule has 1 aliphatic heterocycles. The van der Waals surface area contributed by atoms with Crippen molar-refractivity contribution in [3.8, 4) is 0 Å². The second-order valence-electron chi connectivity index (χ2n) is 8.92. The van der Waals surface area contributed by atoms with E-state index in [0.717, 1.165) is 37.7 Å². The van der Waals surface area contributed by atoms with E-state index in [0.29, 0.717) is 19.3 Å². The zero-order chi connectivity index (χ0) is 18.2. The van der Waals surface area contributed by atoms with E-state index >= 15 is 0 Å². The maximum atomic E-state index is 12.6. The third-order valence-corrected chi connectivity index (χ3v) is 6.24. The van der Waals surface area contributed by atoms with Gasteiger partial charge in [0.05, 0.1) is 37.0 Å². The van der Waals surface area contributed by atoms with Crippen molar-refractivity contribution in [1.82, 2.24) is 10.6 Å². The Balaban J connectivity index is 1.31. The zero-order valence-corrected chi connectivity index (χ0v) is 15.8. The second-order valence-corrected chi connectivity index (χ2v) is 8.92. The van der Waals surface area contributed by atoms with Crippen LogP contribution in [0.5, 0.6) is 0 Å². The topological polar surface area (TPSA) is 59.6 Å². The molecule has 0 radical (unpaired) electrons. The van der Waals surface area contributed by atoms with Crippen LogP contribution in [-0.4, -0.2) is 36.4 Å². The minimum absolute atomic E-state index is 0.0323. The fraction of sp³-hybridized carbons (Fsp3) is 0.667. The number of urea groups is 1. The molecule has 142 valence electrons. The first-order valence-electron chi connectivity index (χ1n) is 9.82. The standard InChI is InChI=1S/C21H30N2O3/c1-20(2)12-17(18(20)25-13-15-7-4-3-5-8-15)22-19(24)23-21-10-6-9-16(11-21)26-14-21/h3-5,7-8,16-18H,6,9-14H2,1-2H3,(H2,22,23,24). The van der Waals surface area contributed by atoms with Crippen molar-refractivity contribution < 1.29 is 14.3 Å². The number of carbonyl (C=O) groups is 1. The summed E-state index contributed by atoms with van der Waals surface area (Å²) < 4.78 is 12.0. The molecule has 1 aromatic carbocycles. The molecule has 4 atom stereocenters. The van der Waals surface area contributed by atoms with Crippen LogP contribution in [0.25, 0.3) is 0 Å². The highest BCUT2D eigenvalue weighted by atomic mass is 16.5. The molecule has 1 aromatic rings. The highest BCUT2D eigenvalue weighted by Gasteiger charge is 2.50. The minimum atomic E-state index is -0.160. The van der Waals surface area contributed by atoms with E-state index in [-0.39, 0.29) is 29.1 Å². The van der Waals surface area contributed by atoms with E-state index in [1.807, 2.05) is 18.2 Å². The summed E-state index contributed by atoms with van der Waals surface area (Å²) in [6.45, 7) is 5.63. The fourth-order valence-electron chi connectivity index (χ4n) is 4.86. The lowest BCUT2D eigenvalue weighted by atomic mass is 9.65. The molecule has 2 aliphatic carbocycles. The number of benzene rings is 1. The smallest absolute Gasteiger partial charge is 0.315 e. The van der Waals surface area contributed by atoms with Crippen molar-refractivity contribution in [2.24, 2.45) is 5.41 Å². The Labute approximate surface area is 155 Å². The number of hydrogen-bond acceptors (Lipinski definition) is 3. The summed E-state index contributed by atoms with van der Waals surface area (Å²) in [5.41, 5.74) is 1.08. The van der Waals surface area contributed by atoms with Gasteiger partial charge in [-0.1, -0.05) is 44.2 Å². The van der Waals surface area contributed by atoms with Crippen LogP contribution in [0.4, 0.5) is 4.79 Å². The quantitative estimate of drug-likeness (QED) is 0.848. The van der Waals surface area contributed by atoms with E-state index in [2.05, 4.69) is 36.6 Å². The number of carbonyl (C=O) groups excluding carboxylic acids is 1. The summed E-state index contributed by atoms with van der Waals surface area (Å²) in [6, 6.07) is 10.2. The lowest BCUT2D eigenvalue weighted by Gasteiger charge is -2.51. The summed E-state index contributed by atoms with van der Waals surface area (Å²) in [4.78, 5) is 12.6. The van der Waals surface area contributed by atoms with Crippen molar-refractivity contribution >= 4 is 6.03 Å². The molecular weight excluding hydrogens is 328 g/mol. The number of nitrogens with one attached hydrogen (secondary N) is 2. The van der Waals surface area contributed by atoms with Crippen molar-refractivity contribution in [2.75, 3.05) is 6.61 Å². The predicted molar refractivity (Wildman–Crippen MR) is 99.8 cm³/mol. The molecule has 5 heteroatoms. The van der Waals surface area contributed by atoms with E-state index in [9.17, 15) is 4.79 Å². The van der Waals surface area contributed by atoms with Crippen LogP contribution in [0.1, 0.15) is 51.5 Å². The summed E-state index contributed by atoms with van der Waals surface area (Å²) >= 11 is 0. The fourth-order valence-corrected chi connectivity index (χ4v) is 4.86. The Hall–Kier alpha value is -1.59. The van der Waals surface area contributed by atoms with Gasteiger partial charge in [0.2, 0.25) is 0 Å². The molecule has 2 amide bonds. The Morgan fingerprint density at radius 3 is 2.85 bits per heavy atom. The Kier molecular flexibility index (Phi) is 4.70. The molecule has 0 spiro atoms. The molecule has 2 saturated carbocycles. The SMILES string of the molecule is CC1(C)CC(NC(=O)NC23CCCC(C2)OC3)C1OCc1ccccc1. The van der Waals surface area contributed by atoms with Crippen LogP contribution < -0.4 is 10.6 Å². The highest BCUT2D eigenvalue weighted by Crippen LogP contribution is 2.43. The number of ether oxygens (including phenoxy) is 2. The number of fused-ring (bicyclic) bond motifs is 2. The van der Waals surface area contributed by atoms with Crippen molar-refractivity contribution in [3.63, 3.8) is 0 Å². The first-order valence-corrected chi connectivity index (χ1v) is 9.82. The van der Waals surface area contributed by atoms with Gasteiger partial charge in [-0.05, 0) is 43.1 Å².